The topological polar surface area (TPSA) is 94.6 Å². The Morgan fingerprint density at radius 3 is 2.64 bits per heavy atom. The molecule has 2 N–H and O–H groups in total. The Balaban J connectivity index is 1.49. The van der Waals surface area contributed by atoms with E-state index in [-0.39, 0.29) is 30.9 Å². The maximum Gasteiger partial charge on any atom is 0.322 e. The first-order valence-corrected chi connectivity index (χ1v) is 13.0. The molecule has 0 saturated heterocycles. The number of amides is 4. The van der Waals surface area contributed by atoms with E-state index in [0.29, 0.717) is 24.2 Å². The Kier molecular flexibility index (Phi) is 7.54. The predicted octanol–water partition coefficient (Wildman–Crippen LogP) is 3.67. The van der Waals surface area contributed by atoms with Crippen molar-refractivity contribution in [3.8, 4) is 0 Å². The van der Waals surface area contributed by atoms with Gasteiger partial charge in [-0.05, 0) is 29.7 Å². The summed E-state index contributed by atoms with van der Waals surface area (Å²) in [4.78, 5) is 48.2. The van der Waals surface area contributed by atoms with Gasteiger partial charge < -0.3 is 15.5 Å². The summed E-state index contributed by atoms with van der Waals surface area (Å²) in [5.74, 6) is -0.527. The smallest absolute Gasteiger partial charge is 0.322 e. The SMILES string of the molecule is C=CCN1C(=O)N[C@@H](c2cccc(C)c2)C2=C1CN([C@H](Cc1ccccc1)C(=O)NCc1cccnc1)C2=O. The number of benzene rings is 2. The van der Waals surface area contributed by atoms with Crippen LogP contribution in [0.25, 0.3) is 0 Å². The van der Waals surface area contributed by atoms with E-state index in [4.69, 9.17) is 0 Å². The number of pyridine rings is 1. The number of urea groups is 1. The molecule has 0 unspecified atom stereocenters. The van der Waals surface area contributed by atoms with Gasteiger partial charge in [0.1, 0.15) is 6.04 Å². The van der Waals surface area contributed by atoms with Crippen molar-refractivity contribution in [3.05, 3.63) is 125 Å². The fourth-order valence-corrected chi connectivity index (χ4v) is 5.18. The third-order valence-electron chi connectivity index (χ3n) is 7.08. The quantitative estimate of drug-likeness (QED) is 0.420. The zero-order valence-electron chi connectivity index (χ0n) is 21.8. The monoisotopic (exact) mass is 521 g/mol. The third kappa shape index (κ3) is 5.45. The largest absolute Gasteiger partial charge is 0.350 e. The van der Waals surface area contributed by atoms with Crippen LogP contribution in [0, 0.1) is 6.92 Å². The highest BCUT2D eigenvalue weighted by Gasteiger charge is 2.46. The molecule has 0 fully saturated rings. The number of aryl methyl sites for hydroxylation is 1. The van der Waals surface area contributed by atoms with Crippen molar-refractivity contribution in [2.75, 3.05) is 13.1 Å². The Morgan fingerprint density at radius 1 is 1.13 bits per heavy atom. The molecule has 0 saturated carbocycles. The van der Waals surface area contributed by atoms with Crippen molar-refractivity contribution in [2.45, 2.75) is 32.0 Å². The van der Waals surface area contributed by atoms with Gasteiger partial charge in [0.25, 0.3) is 5.91 Å². The minimum atomic E-state index is -0.777. The summed E-state index contributed by atoms with van der Waals surface area (Å²) in [7, 11) is 0. The van der Waals surface area contributed by atoms with E-state index in [1.165, 1.54) is 0 Å². The molecule has 39 heavy (non-hydrogen) atoms. The lowest BCUT2D eigenvalue weighted by Crippen LogP contribution is -2.49. The fourth-order valence-electron chi connectivity index (χ4n) is 5.18. The highest BCUT2D eigenvalue weighted by Crippen LogP contribution is 2.37. The molecule has 5 rings (SSSR count). The number of rotatable bonds is 9. The molecular formula is C31H31N5O3. The Labute approximate surface area is 228 Å². The molecule has 3 aromatic rings. The molecule has 2 aliphatic heterocycles. The second-order valence-electron chi connectivity index (χ2n) is 9.77. The first-order chi connectivity index (χ1) is 19.0. The van der Waals surface area contributed by atoms with Gasteiger partial charge in [-0.2, -0.15) is 0 Å². The van der Waals surface area contributed by atoms with Gasteiger partial charge in [0.2, 0.25) is 5.91 Å². The molecular weight excluding hydrogens is 490 g/mol. The molecule has 8 heteroatoms. The van der Waals surface area contributed by atoms with E-state index in [9.17, 15) is 14.4 Å². The van der Waals surface area contributed by atoms with Crippen LogP contribution in [0.2, 0.25) is 0 Å². The van der Waals surface area contributed by atoms with Crippen LogP contribution in [0.3, 0.4) is 0 Å². The zero-order valence-corrected chi connectivity index (χ0v) is 21.8. The Hall–Kier alpha value is -4.72. The van der Waals surface area contributed by atoms with Gasteiger partial charge in [-0.1, -0.05) is 72.3 Å². The van der Waals surface area contributed by atoms with E-state index < -0.39 is 12.1 Å². The van der Waals surface area contributed by atoms with Crippen LogP contribution in [0.1, 0.15) is 28.3 Å². The molecule has 198 valence electrons. The Morgan fingerprint density at radius 2 is 1.92 bits per heavy atom. The van der Waals surface area contributed by atoms with Crippen LogP contribution in [-0.4, -0.2) is 51.8 Å². The molecule has 8 nitrogen and oxygen atoms in total. The summed E-state index contributed by atoms with van der Waals surface area (Å²) >= 11 is 0. The third-order valence-corrected chi connectivity index (χ3v) is 7.08. The number of carbonyl (C=O) groups is 3. The molecule has 4 amide bonds. The van der Waals surface area contributed by atoms with Gasteiger partial charge in [0.05, 0.1) is 23.9 Å². The molecule has 0 radical (unpaired) electrons. The lowest BCUT2D eigenvalue weighted by molar-refractivity contribution is -0.136. The average Bonchev–Trinajstić information content (AvgIpc) is 3.29. The first kappa shape index (κ1) is 25.9. The van der Waals surface area contributed by atoms with Gasteiger partial charge in [-0.3, -0.25) is 19.5 Å². The average molecular weight is 522 g/mol. The normalized spacial score (nSPS) is 17.5. The van der Waals surface area contributed by atoms with E-state index >= 15 is 0 Å². The van der Waals surface area contributed by atoms with Gasteiger partial charge in [0.15, 0.2) is 0 Å². The summed E-state index contributed by atoms with van der Waals surface area (Å²) in [6, 6.07) is 19.4. The van der Waals surface area contributed by atoms with Gasteiger partial charge in [-0.25, -0.2) is 4.79 Å². The number of aromatic nitrogens is 1. The zero-order chi connectivity index (χ0) is 27.4. The van der Waals surface area contributed by atoms with E-state index in [1.807, 2.05) is 73.7 Å². The van der Waals surface area contributed by atoms with Crippen LogP contribution < -0.4 is 10.6 Å². The fraction of sp³-hybridized carbons (Fsp3) is 0.226. The number of hydrogen-bond donors (Lipinski definition) is 2. The maximum absolute atomic E-state index is 14.1. The summed E-state index contributed by atoms with van der Waals surface area (Å²) < 4.78 is 0. The molecule has 0 bridgehead atoms. The highest BCUT2D eigenvalue weighted by atomic mass is 16.2. The molecule has 3 heterocycles. The number of nitrogens with one attached hydrogen (secondary N) is 2. The summed E-state index contributed by atoms with van der Waals surface area (Å²) in [6.45, 7) is 6.46. The lowest BCUT2D eigenvalue weighted by atomic mass is 9.94. The molecule has 2 aliphatic rings. The Bertz CT molecular complexity index is 1420. The molecule has 1 aromatic heterocycles. The first-order valence-electron chi connectivity index (χ1n) is 13.0. The van der Waals surface area contributed by atoms with Crippen LogP contribution in [0.4, 0.5) is 4.79 Å². The second-order valence-corrected chi connectivity index (χ2v) is 9.77. The number of carbonyl (C=O) groups excluding carboxylic acids is 3. The van der Waals surface area contributed by atoms with Crippen molar-refractivity contribution < 1.29 is 14.4 Å². The van der Waals surface area contributed by atoms with Crippen molar-refractivity contribution in [2.24, 2.45) is 0 Å². The van der Waals surface area contributed by atoms with Crippen LogP contribution in [-0.2, 0) is 22.6 Å². The van der Waals surface area contributed by atoms with Crippen molar-refractivity contribution >= 4 is 17.8 Å². The van der Waals surface area contributed by atoms with Crippen LogP contribution >= 0.6 is 0 Å². The van der Waals surface area contributed by atoms with E-state index in [2.05, 4.69) is 22.2 Å². The summed E-state index contributed by atoms with van der Waals surface area (Å²) in [6.07, 6.45) is 5.35. The lowest BCUT2D eigenvalue weighted by Gasteiger charge is -2.33. The van der Waals surface area contributed by atoms with Crippen LogP contribution in [0.5, 0.6) is 0 Å². The van der Waals surface area contributed by atoms with Crippen molar-refractivity contribution in [1.29, 1.82) is 0 Å². The van der Waals surface area contributed by atoms with Crippen LogP contribution in [0.15, 0.2) is 103 Å². The van der Waals surface area contributed by atoms with Crippen molar-refractivity contribution in [3.63, 3.8) is 0 Å². The minimum Gasteiger partial charge on any atom is -0.350 e. The summed E-state index contributed by atoms with van der Waals surface area (Å²) in [5.41, 5.74) is 4.74. The number of nitrogens with zero attached hydrogens (tertiary/aromatic N) is 3. The molecule has 2 atom stereocenters. The van der Waals surface area contributed by atoms with Gasteiger partial charge >= 0.3 is 6.03 Å². The molecule has 2 aromatic carbocycles. The molecule has 0 spiro atoms. The van der Waals surface area contributed by atoms with Gasteiger partial charge in [-0.15, -0.1) is 6.58 Å². The van der Waals surface area contributed by atoms with Gasteiger partial charge in [0, 0.05) is 31.9 Å². The summed E-state index contributed by atoms with van der Waals surface area (Å²) in [5, 5.41) is 6.00. The number of hydrogen-bond acceptors (Lipinski definition) is 4. The predicted molar refractivity (Wildman–Crippen MR) is 148 cm³/mol. The molecule has 0 aliphatic carbocycles. The van der Waals surface area contributed by atoms with E-state index in [0.717, 1.165) is 22.3 Å². The highest BCUT2D eigenvalue weighted by molar-refractivity contribution is 6.03. The van der Waals surface area contributed by atoms with Crippen molar-refractivity contribution in [1.82, 2.24) is 25.4 Å². The minimum absolute atomic E-state index is 0.148. The van der Waals surface area contributed by atoms with E-state index in [1.54, 1.807) is 28.3 Å². The second kappa shape index (κ2) is 11.3. The maximum atomic E-state index is 14.1. The standard InChI is InChI=1S/C31H31N5O3/c1-3-15-35-26-20-36(30(38)27(26)28(34-31(35)39)24-13-7-9-21(2)16-24)25(17-22-10-5-4-6-11-22)29(37)33-19-23-12-8-14-32-18-23/h3-14,16,18,25,28H,1,15,17,19-20H2,2H3,(H,33,37)(H,34,39)/t25-,28+/m1/s1.